The Labute approximate surface area is 112 Å². The van der Waals surface area contributed by atoms with Gasteiger partial charge in [0.15, 0.2) is 0 Å². The van der Waals surface area contributed by atoms with Gasteiger partial charge in [0.25, 0.3) is 5.91 Å². The fourth-order valence-corrected chi connectivity index (χ4v) is 2.18. The van der Waals surface area contributed by atoms with Gasteiger partial charge >= 0.3 is 5.97 Å². The number of benzene rings is 1. The molecule has 0 saturated heterocycles. The highest BCUT2D eigenvalue weighted by molar-refractivity contribution is 5.94. The molecule has 0 aliphatic heterocycles. The van der Waals surface area contributed by atoms with Crippen molar-refractivity contribution in [1.29, 1.82) is 0 Å². The molecule has 4 heteroatoms. The number of amides is 1. The number of carbonyl (C=O) groups is 2. The van der Waals surface area contributed by atoms with E-state index in [0.717, 1.165) is 12.8 Å². The van der Waals surface area contributed by atoms with Gasteiger partial charge in [0.2, 0.25) is 0 Å². The highest BCUT2D eigenvalue weighted by Gasteiger charge is 2.13. The maximum atomic E-state index is 12.0. The van der Waals surface area contributed by atoms with E-state index in [1.165, 1.54) is 0 Å². The molecule has 2 rings (SSSR count). The quantitative estimate of drug-likeness (QED) is 0.795. The number of hydrogen-bond acceptors (Lipinski definition) is 2. The Morgan fingerprint density at radius 3 is 2.68 bits per heavy atom. The van der Waals surface area contributed by atoms with Crippen LogP contribution in [0.3, 0.4) is 0 Å². The second-order valence-corrected chi connectivity index (χ2v) is 4.79. The first-order valence-electron chi connectivity index (χ1n) is 6.39. The number of rotatable bonds is 5. The average Bonchev–Trinajstić information content (AvgIpc) is 2.88. The lowest BCUT2D eigenvalue weighted by molar-refractivity contribution is -0.136. The van der Waals surface area contributed by atoms with E-state index in [0.29, 0.717) is 23.6 Å². The number of nitrogens with one attached hydrogen (secondary N) is 1. The standard InChI is InChI=1S/C15H17NO3/c17-14(18)9-12-6-3-7-13(8-12)15(19)16-10-11-4-1-2-5-11/h1-3,6-8,11H,4-5,9-10H2,(H,16,19)(H,17,18). The monoisotopic (exact) mass is 259 g/mol. The minimum absolute atomic E-state index is 0.0618. The fraction of sp³-hybridized carbons (Fsp3) is 0.333. The van der Waals surface area contributed by atoms with E-state index in [1.54, 1.807) is 24.3 Å². The van der Waals surface area contributed by atoms with Gasteiger partial charge in [-0.3, -0.25) is 9.59 Å². The molecule has 19 heavy (non-hydrogen) atoms. The molecule has 0 radical (unpaired) electrons. The molecule has 4 nitrogen and oxygen atoms in total. The summed E-state index contributed by atoms with van der Waals surface area (Å²) in [5.41, 5.74) is 1.16. The van der Waals surface area contributed by atoms with E-state index in [9.17, 15) is 9.59 Å². The maximum Gasteiger partial charge on any atom is 0.307 e. The normalized spacial score (nSPS) is 14.5. The van der Waals surface area contributed by atoms with Crippen molar-refractivity contribution in [1.82, 2.24) is 5.32 Å². The molecule has 0 bridgehead atoms. The molecule has 0 fully saturated rings. The summed E-state index contributed by atoms with van der Waals surface area (Å²) in [7, 11) is 0. The summed E-state index contributed by atoms with van der Waals surface area (Å²) < 4.78 is 0. The molecule has 0 saturated carbocycles. The lowest BCUT2D eigenvalue weighted by atomic mass is 10.1. The van der Waals surface area contributed by atoms with E-state index in [2.05, 4.69) is 17.5 Å². The fourth-order valence-electron chi connectivity index (χ4n) is 2.18. The van der Waals surface area contributed by atoms with E-state index < -0.39 is 5.97 Å². The summed E-state index contributed by atoms with van der Waals surface area (Å²) in [6.45, 7) is 0.662. The smallest absolute Gasteiger partial charge is 0.307 e. The van der Waals surface area contributed by atoms with Crippen molar-refractivity contribution < 1.29 is 14.7 Å². The second-order valence-electron chi connectivity index (χ2n) is 4.79. The first kappa shape index (κ1) is 13.3. The zero-order chi connectivity index (χ0) is 13.7. The molecule has 0 heterocycles. The largest absolute Gasteiger partial charge is 0.481 e. The molecule has 1 aromatic rings. The highest BCUT2D eigenvalue weighted by atomic mass is 16.4. The van der Waals surface area contributed by atoms with Gasteiger partial charge in [0, 0.05) is 12.1 Å². The molecule has 0 spiro atoms. The molecule has 1 aliphatic carbocycles. The molecule has 100 valence electrons. The number of carbonyl (C=O) groups excluding carboxylic acids is 1. The molecule has 1 amide bonds. The molecule has 1 aromatic carbocycles. The van der Waals surface area contributed by atoms with E-state index in [1.807, 2.05) is 0 Å². The Balaban J connectivity index is 1.92. The van der Waals surface area contributed by atoms with Gasteiger partial charge in [-0.2, -0.15) is 0 Å². The summed E-state index contributed by atoms with van der Waals surface area (Å²) in [5.74, 6) is -0.542. The number of aliphatic carboxylic acids is 1. The number of allylic oxidation sites excluding steroid dienone is 2. The molecule has 1 aliphatic rings. The number of carboxylic acids is 1. The maximum absolute atomic E-state index is 12.0. The summed E-state index contributed by atoms with van der Waals surface area (Å²) in [6.07, 6.45) is 6.22. The van der Waals surface area contributed by atoms with Crippen molar-refractivity contribution in [3.05, 3.63) is 47.5 Å². The van der Waals surface area contributed by atoms with Crippen LogP contribution in [-0.4, -0.2) is 23.5 Å². The first-order valence-corrected chi connectivity index (χ1v) is 6.39. The molecule has 0 unspecified atom stereocenters. The Kier molecular flexibility index (Phi) is 4.34. The Bertz CT molecular complexity index is 500. The number of hydrogen-bond donors (Lipinski definition) is 2. The van der Waals surface area contributed by atoms with E-state index in [4.69, 9.17) is 5.11 Å². The van der Waals surface area contributed by atoms with Crippen molar-refractivity contribution in [3.8, 4) is 0 Å². The zero-order valence-electron chi connectivity index (χ0n) is 10.6. The number of carboxylic acid groups (broad SMARTS) is 1. The van der Waals surface area contributed by atoms with Crippen LogP contribution in [0.2, 0.25) is 0 Å². The first-order chi connectivity index (χ1) is 9.15. The zero-order valence-corrected chi connectivity index (χ0v) is 10.6. The van der Waals surface area contributed by atoms with Crippen molar-refractivity contribution in [3.63, 3.8) is 0 Å². The minimum Gasteiger partial charge on any atom is -0.481 e. The van der Waals surface area contributed by atoms with Crippen molar-refractivity contribution in [2.75, 3.05) is 6.54 Å². The topological polar surface area (TPSA) is 66.4 Å². The van der Waals surface area contributed by atoms with Crippen molar-refractivity contribution in [2.45, 2.75) is 19.3 Å². The molecular formula is C15H17NO3. The van der Waals surface area contributed by atoms with Crippen LogP contribution >= 0.6 is 0 Å². The lowest BCUT2D eigenvalue weighted by Crippen LogP contribution is -2.28. The van der Waals surface area contributed by atoms with Gasteiger partial charge in [0.1, 0.15) is 0 Å². The third-order valence-electron chi connectivity index (χ3n) is 3.20. The Morgan fingerprint density at radius 2 is 2.00 bits per heavy atom. The van der Waals surface area contributed by atoms with Gasteiger partial charge in [-0.25, -0.2) is 0 Å². The summed E-state index contributed by atoms with van der Waals surface area (Å²) in [5, 5.41) is 11.6. The molecule has 0 atom stereocenters. The molecule has 2 N–H and O–H groups in total. The van der Waals surface area contributed by atoms with Crippen LogP contribution in [0, 0.1) is 5.92 Å². The lowest BCUT2D eigenvalue weighted by Gasteiger charge is -2.11. The summed E-state index contributed by atoms with van der Waals surface area (Å²) in [6, 6.07) is 6.76. The SMILES string of the molecule is O=C(O)Cc1cccc(C(=O)NCC2CC=CC2)c1. The van der Waals surface area contributed by atoms with Crippen LogP contribution in [0.25, 0.3) is 0 Å². The predicted molar refractivity (Wildman–Crippen MR) is 72.0 cm³/mol. The van der Waals surface area contributed by atoms with Crippen LogP contribution in [0.1, 0.15) is 28.8 Å². The third kappa shape index (κ3) is 3.95. The average molecular weight is 259 g/mol. The van der Waals surface area contributed by atoms with Crippen LogP contribution in [0.15, 0.2) is 36.4 Å². The van der Waals surface area contributed by atoms with E-state index >= 15 is 0 Å². The predicted octanol–water partition coefficient (Wildman–Crippen LogP) is 2.01. The van der Waals surface area contributed by atoms with Gasteiger partial charge in [0.05, 0.1) is 6.42 Å². The van der Waals surface area contributed by atoms with Crippen LogP contribution < -0.4 is 5.32 Å². The molecular weight excluding hydrogens is 242 g/mol. The van der Waals surface area contributed by atoms with E-state index in [-0.39, 0.29) is 12.3 Å². The van der Waals surface area contributed by atoms with Gasteiger partial charge < -0.3 is 10.4 Å². The van der Waals surface area contributed by atoms with Gasteiger partial charge in [-0.05, 0) is 36.5 Å². The van der Waals surface area contributed by atoms with Crippen molar-refractivity contribution >= 4 is 11.9 Å². The van der Waals surface area contributed by atoms with Gasteiger partial charge in [-0.1, -0.05) is 24.3 Å². The Hall–Kier alpha value is -2.10. The Morgan fingerprint density at radius 1 is 1.26 bits per heavy atom. The van der Waals surface area contributed by atoms with Crippen molar-refractivity contribution in [2.24, 2.45) is 5.92 Å². The van der Waals surface area contributed by atoms with Crippen LogP contribution in [0.5, 0.6) is 0 Å². The minimum atomic E-state index is -0.894. The summed E-state index contributed by atoms with van der Waals surface area (Å²) in [4.78, 5) is 22.6. The van der Waals surface area contributed by atoms with Crippen LogP contribution in [-0.2, 0) is 11.2 Å². The van der Waals surface area contributed by atoms with Gasteiger partial charge in [-0.15, -0.1) is 0 Å². The van der Waals surface area contributed by atoms with Crippen LogP contribution in [0.4, 0.5) is 0 Å². The third-order valence-corrected chi connectivity index (χ3v) is 3.20. The molecule has 0 aromatic heterocycles. The second kappa shape index (κ2) is 6.18. The summed E-state index contributed by atoms with van der Waals surface area (Å²) >= 11 is 0. The highest BCUT2D eigenvalue weighted by Crippen LogP contribution is 2.16.